The maximum absolute atomic E-state index is 12.9. The molecule has 1 saturated carbocycles. The molecule has 0 bridgehead atoms. The molecule has 0 aliphatic heterocycles. The maximum atomic E-state index is 12.9. The second-order valence-electron chi connectivity index (χ2n) is 8.58. The molecule has 1 aliphatic rings. The fraction of sp³-hybridized carbons (Fsp3) is 0.476. The van der Waals surface area contributed by atoms with E-state index < -0.39 is 6.03 Å². The van der Waals surface area contributed by atoms with Gasteiger partial charge in [0.25, 0.3) is 0 Å². The number of nitrogens with zero attached hydrogens (tertiary/aromatic N) is 1. The maximum Gasteiger partial charge on any atom is 0.325 e. The van der Waals surface area contributed by atoms with Gasteiger partial charge < -0.3 is 10.6 Å². The van der Waals surface area contributed by atoms with Gasteiger partial charge in [-0.15, -0.1) is 11.3 Å². The van der Waals surface area contributed by atoms with Gasteiger partial charge in [0.15, 0.2) is 5.13 Å². The van der Waals surface area contributed by atoms with E-state index in [0.717, 1.165) is 12.8 Å². The smallest absolute Gasteiger partial charge is 0.325 e. The van der Waals surface area contributed by atoms with Crippen molar-refractivity contribution >= 4 is 34.1 Å². The summed E-state index contributed by atoms with van der Waals surface area (Å²) >= 11 is 1.26. The zero-order valence-corrected chi connectivity index (χ0v) is 17.7. The third-order valence-corrected chi connectivity index (χ3v) is 5.77. The Labute approximate surface area is 174 Å². The van der Waals surface area contributed by atoms with Crippen LogP contribution in [0.25, 0.3) is 0 Å². The number of rotatable bonds is 5. The lowest BCUT2D eigenvalue weighted by atomic mass is 9.70. The second kappa shape index (κ2) is 8.90. The highest BCUT2D eigenvalue weighted by molar-refractivity contribution is 7.14. The number of anilines is 2. The van der Waals surface area contributed by atoms with Crippen LogP contribution in [0.15, 0.2) is 29.6 Å². The van der Waals surface area contributed by atoms with Crippen molar-refractivity contribution in [2.75, 3.05) is 10.6 Å². The number of urea groups is 1. The molecule has 1 fully saturated rings. The van der Waals surface area contributed by atoms with Crippen LogP contribution in [0.5, 0.6) is 0 Å². The van der Waals surface area contributed by atoms with Crippen molar-refractivity contribution in [1.29, 1.82) is 0 Å². The topological polar surface area (TPSA) is 83.1 Å². The van der Waals surface area contributed by atoms with Crippen LogP contribution in [0.1, 0.15) is 45.7 Å². The Morgan fingerprint density at radius 3 is 2.62 bits per heavy atom. The molecule has 0 spiro atoms. The number of carbonyl (C=O) groups is 2. The first-order valence-corrected chi connectivity index (χ1v) is 10.6. The van der Waals surface area contributed by atoms with Gasteiger partial charge in [0.05, 0.1) is 12.1 Å². The predicted molar refractivity (Wildman–Crippen MR) is 114 cm³/mol. The van der Waals surface area contributed by atoms with Crippen LogP contribution in [0.3, 0.4) is 0 Å². The minimum absolute atomic E-state index is 0.0486. The van der Waals surface area contributed by atoms with Crippen LogP contribution in [0.2, 0.25) is 0 Å². The van der Waals surface area contributed by atoms with E-state index in [1.165, 1.54) is 42.0 Å². The molecule has 1 aromatic carbocycles. The molecule has 29 heavy (non-hydrogen) atoms. The zero-order valence-electron chi connectivity index (χ0n) is 16.9. The molecule has 3 N–H and O–H groups in total. The van der Waals surface area contributed by atoms with E-state index >= 15 is 0 Å². The summed E-state index contributed by atoms with van der Waals surface area (Å²) in [7, 11) is 0. The quantitative estimate of drug-likeness (QED) is 0.652. The molecule has 156 valence electrons. The van der Waals surface area contributed by atoms with E-state index in [9.17, 15) is 14.0 Å². The molecule has 1 aliphatic carbocycles. The highest BCUT2D eigenvalue weighted by Gasteiger charge is 2.32. The average molecular weight is 419 g/mol. The highest BCUT2D eigenvalue weighted by atomic mass is 32.1. The summed E-state index contributed by atoms with van der Waals surface area (Å²) < 4.78 is 12.9. The van der Waals surface area contributed by atoms with Gasteiger partial charge in [-0.2, -0.15) is 0 Å². The average Bonchev–Trinajstić information content (AvgIpc) is 3.01. The number of aromatic nitrogens is 1. The molecule has 2 atom stereocenters. The normalized spacial score (nSPS) is 20.7. The van der Waals surface area contributed by atoms with Crippen molar-refractivity contribution in [2.45, 2.75) is 52.5 Å². The number of amides is 3. The molecule has 2 unspecified atom stereocenters. The van der Waals surface area contributed by atoms with Crippen molar-refractivity contribution in [2.24, 2.45) is 11.3 Å². The summed E-state index contributed by atoms with van der Waals surface area (Å²) in [6.07, 6.45) is 3.35. The minimum Gasteiger partial charge on any atom is -0.353 e. The van der Waals surface area contributed by atoms with Crippen LogP contribution in [0, 0.1) is 17.2 Å². The minimum atomic E-state index is -0.472. The summed E-state index contributed by atoms with van der Waals surface area (Å²) in [5.74, 6) is 0.177. The van der Waals surface area contributed by atoms with E-state index in [4.69, 9.17) is 0 Å². The number of nitrogens with one attached hydrogen (secondary N) is 3. The molecular weight excluding hydrogens is 391 g/mol. The van der Waals surface area contributed by atoms with E-state index in [0.29, 0.717) is 22.4 Å². The van der Waals surface area contributed by atoms with Crippen LogP contribution < -0.4 is 16.0 Å². The lowest BCUT2D eigenvalue weighted by Gasteiger charge is -2.39. The highest BCUT2D eigenvalue weighted by Crippen LogP contribution is 2.38. The molecule has 3 amide bonds. The Hall–Kier alpha value is -2.48. The monoisotopic (exact) mass is 418 g/mol. The van der Waals surface area contributed by atoms with Gasteiger partial charge in [-0.25, -0.2) is 14.2 Å². The second-order valence-corrected chi connectivity index (χ2v) is 9.44. The Morgan fingerprint density at radius 2 is 1.93 bits per heavy atom. The fourth-order valence-electron chi connectivity index (χ4n) is 4.14. The van der Waals surface area contributed by atoms with Gasteiger partial charge in [-0.3, -0.25) is 10.1 Å². The van der Waals surface area contributed by atoms with Crippen LogP contribution in [-0.4, -0.2) is 23.0 Å². The summed E-state index contributed by atoms with van der Waals surface area (Å²) in [5, 5.41) is 10.5. The number of hydrogen-bond donors (Lipinski definition) is 3. The lowest BCUT2D eigenvalue weighted by molar-refractivity contribution is -0.121. The van der Waals surface area contributed by atoms with Crippen molar-refractivity contribution < 1.29 is 14.0 Å². The third-order valence-electron chi connectivity index (χ3n) is 4.97. The molecule has 8 heteroatoms. The van der Waals surface area contributed by atoms with E-state index in [1.807, 2.05) is 0 Å². The first-order valence-electron chi connectivity index (χ1n) is 9.76. The van der Waals surface area contributed by atoms with Crippen LogP contribution >= 0.6 is 11.3 Å². The van der Waals surface area contributed by atoms with Crippen molar-refractivity contribution in [3.63, 3.8) is 0 Å². The molecule has 2 aromatic rings. The zero-order chi connectivity index (χ0) is 21.0. The molecular formula is C21H27FN4O2S. The molecule has 0 saturated heterocycles. The van der Waals surface area contributed by atoms with Crippen molar-refractivity contribution in [3.05, 3.63) is 41.2 Å². The van der Waals surface area contributed by atoms with Gasteiger partial charge in [0, 0.05) is 17.1 Å². The Bertz CT molecular complexity index is 866. The molecule has 6 nitrogen and oxygen atoms in total. The number of hydrogen-bond acceptors (Lipinski definition) is 4. The fourth-order valence-corrected chi connectivity index (χ4v) is 4.84. The number of carbonyl (C=O) groups excluding carboxylic acids is 2. The first kappa shape index (κ1) is 21.2. The Morgan fingerprint density at radius 1 is 1.21 bits per heavy atom. The third kappa shape index (κ3) is 6.52. The van der Waals surface area contributed by atoms with Gasteiger partial charge in [-0.05, 0) is 54.9 Å². The lowest BCUT2D eigenvalue weighted by Crippen LogP contribution is -2.43. The van der Waals surface area contributed by atoms with Crippen molar-refractivity contribution in [3.8, 4) is 0 Å². The van der Waals surface area contributed by atoms with Gasteiger partial charge >= 0.3 is 6.03 Å². The number of halogens is 1. The predicted octanol–water partition coefficient (Wildman–Crippen LogP) is 4.80. The SMILES string of the molecule is CC1CC(NC(=O)Cc2csc(NC(=O)Nc3ccc(F)cc3)n2)CC(C)(C)C1. The molecule has 0 radical (unpaired) electrons. The van der Waals surface area contributed by atoms with E-state index in [-0.39, 0.29) is 29.6 Å². The number of thiazole rings is 1. The molecule has 1 aromatic heterocycles. The molecule has 3 rings (SSSR count). The first-order chi connectivity index (χ1) is 13.7. The standard InChI is InChI=1S/C21H27FN4O2S/c1-13-8-16(11-21(2,3)10-13)23-18(27)9-17-12-29-20(25-17)26-19(28)24-15-6-4-14(22)5-7-15/h4-7,12-13,16H,8-11H2,1-3H3,(H,23,27)(H2,24,25,26,28). The summed E-state index contributed by atoms with van der Waals surface area (Å²) in [4.78, 5) is 28.8. The Kier molecular flexibility index (Phi) is 6.52. The summed E-state index contributed by atoms with van der Waals surface area (Å²) in [6, 6.07) is 5.20. The van der Waals surface area contributed by atoms with E-state index in [2.05, 4.69) is 41.7 Å². The Balaban J connectivity index is 1.48. The van der Waals surface area contributed by atoms with Crippen LogP contribution in [-0.2, 0) is 11.2 Å². The van der Waals surface area contributed by atoms with Crippen molar-refractivity contribution in [1.82, 2.24) is 10.3 Å². The largest absolute Gasteiger partial charge is 0.353 e. The van der Waals surface area contributed by atoms with Crippen LogP contribution in [0.4, 0.5) is 20.0 Å². The molecule has 1 heterocycles. The number of benzene rings is 1. The van der Waals surface area contributed by atoms with Gasteiger partial charge in [0.2, 0.25) is 5.91 Å². The van der Waals surface area contributed by atoms with Gasteiger partial charge in [0.1, 0.15) is 5.82 Å². The summed E-state index contributed by atoms with van der Waals surface area (Å²) in [5.41, 5.74) is 1.34. The van der Waals surface area contributed by atoms with Gasteiger partial charge in [-0.1, -0.05) is 20.8 Å². The summed E-state index contributed by atoms with van der Waals surface area (Å²) in [6.45, 7) is 6.73. The van der Waals surface area contributed by atoms with E-state index in [1.54, 1.807) is 5.38 Å².